The van der Waals surface area contributed by atoms with Gasteiger partial charge >= 0.3 is 0 Å². The van der Waals surface area contributed by atoms with Gasteiger partial charge in [-0.15, -0.1) is 11.3 Å². The van der Waals surface area contributed by atoms with Crippen LogP contribution in [0.4, 0.5) is 5.69 Å². The molecule has 2 N–H and O–H groups in total. The van der Waals surface area contributed by atoms with Crippen molar-refractivity contribution in [1.29, 1.82) is 0 Å². The van der Waals surface area contributed by atoms with Crippen LogP contribution in [0.25, 0.3) is 10.2 Å². The lowest BCUT2D eigenvalue weighted by Gasteiger charge is -2.34. The summed E-state index contributed by atoms with van der Waals surface area (Å²) in [7, 11) is 0. The molecule has 2 aliphatic rings. The van der Waals surface area contributed by atoms with Gasteiger partial charge in [0.05, 0.1) is 12.0 Å². The largest absolute Gasteiger partial charge is 0.459 e. The van der Waals surface area contributed by atoms with E-state index in [1.165, 1.54) is 23.2 Å². The number of aromatic nitrogens is 1. The standard InChI is InChI=1S/C25H30N4O3S/c1-25(2,3)16-6-7-18-15(13-16)14-17-20(26)21(33-22(17)27-18)24(31)29-10-8-28(9-11-29)23(30)19-5-4-12-32-19/h4-5,12,14,16H,6-11,13,26H2,1-3H3. The predicted molar refractivity (Wildman–Crippen MR) is 130 cm³/mol. The van der Waals surface area contributed by atoms with Crippen LogP contribution in [0.2, 0.25) is 0 Å². The molecule has 0 spiro atoms. The van der Waals surface area contributed by atoms with E-state index in [-0.39, 0.29) is 17.2 Å². The Morgan fingerprint density at radius 3 is 2.48 bits per heavy atom. The Kier molecular flexibility index (Phi) is 5.43. The summed E-state index contributed by atoms with van der Waals surface area (Å²) in [5, 5.41) is 0.892. The number of nitrogen functional groups attached to an aromatic ring is 1. The number of fused-ring (bicyclic) bond motifs is 2. The molecule has 174 valence electrons. The summed E-state index contributed by atoms with van der Waals surface area (Å²) in [6.45, 7) is 8.77. The fourth-order valence-corrected chi connectivity index (χ4v) is 5.96. The SMILES string of the molecule is CC(C)(C)C1CCc2nc3sc(C(=O)N4CCN(C(=O)c5ccco5)CC4)c(N)c3cc2C1. The molecule has 0 aromatic carbocycles. The van der Waals surface area contributed by atoms with E-state index in [1.54, 1.807) is 21.9 Å². The molecule has 2 amide bonds. The van der Waals surface area contributed by atoms with Gasteiger partial charge < -0.3 is 20.0 Å². The molecule has 0 radical (unpaired) electrons. The molecule has 3 aromatic rings. The third-order valence-corrected chi connectivity index (χ3v) is 8.19. The van der Waals surface area contributed by atoms with Crippen molar-refractivity contribution in [2.75, 3.05) is 31.9 Å². The molecule has 3 aromatic heterocycles. The number of rotatable bonds is 2. The number of anilines is 1. The van der Waals surface area contributed by atoms with Crippen molar-refractivity contribution in [3.63, 3.8) is 0 Å². The van der Waals surface area contributed by atoms with Gasteiger partial charge in [0.2, 0.25) is 0 Å². The summed E-state index contributed by atoms with van der Waals surface area (Å²) in [4.78, 5) is 35.6. The first-order chi connectivity index (χ1) is 15.7. The number of nitrogens with two attached hydrogens (primary N) is 1. The Bertz CT molecular complexity index is 1200. The van der Waals surface area contributed by atoms with Crippen LogP contribution in [-0.2, 0) is 12.8 Å². The van der Waals surface area contributed by atoms with Crippen molar-refractivity contribution in [1.82, 2.24) is 14.8 Å². The number of aryl methyl sites for hydroxylation is 1. The van der Waals surface area contributed by atoms with Gasteiger partial charge in [0.1, 0.15) is 9.71 Å². The number of piperazine rings is 1. The van der Waals surface area contributed by atoms with E-state index >= 15 is 0 Å². The molecule has 0 saturated carbocycles. The number of carbonyl (C=O) groups is 2. The minimum Gasteiger partial charge on any atom is -0.459 e. The monoisotopic (exact) mass is 466 g/mol. The Morgan fingerprint density at radius 2 is 1.85 bits per heavy atom. The van der Waals surface area contributed by atoms with Crippen molar-refractivity contribution in [2.45, 2.75) is 40.0 Å². The zero-order valence-electron chi connectivity index (χ0n) is 19.4. The fraction of sp³-hybridized carbons (Fsp3) is 0.480. The molecule has 1 aliphatic heterocycles. The second-order valence-corrected chi connectivity index (χ2v) is 11.2. The molecule has 4 heterocycles. The number of thiophene rings is 1. The normalized spacial score (nSPS) is 19.1. The zero-order valence-corrected chi connectivity index (χ0v) is 20.2. The first kappa shape index (κ1) is 21.9. The van der Waals surface area contributed by atoms with Crippen LogP contribution < -0.4 is 5.73 Å². The van der Waals surface area contributed by atoms with E-state index in [0.717, 1.165) is 35.2 Å². The number of amides is 2. The molecule has 33 heavy (non-hydrogen) atoms. The molecule has 1 saturated heterocycles. The Morgan fingerprint density at radius 1 is 1.15 bits per heavy atom. The Labute approximate surface area is 197 Å². The van der Waals surface area contributed by atoms with Crippen molar-refractivity contribution in [3.05, 3.63) is 46.4 Å². The van der Waals surface area contributed by atoms with E-state index < -0.39 is 0 Å². The van der Waals surface area contributed by atoms with Gasteiger partial charge in [-0.3, -0.25) is 9.59 Å². The van der Waals surface area contributed by atoms with Gasteiger partial charge in [-0.25, -0.2) is 4.98 Å². The fourth-order valence-electron chi connectivity index (χ4n) is 4.90. The number of carbonyl (C=O) groups excluding carboxylic acids is 2. The average Bonchev–Trinajstić information content (AvgIpc) is 3.44. The molecular formula is C25H30N4O3S. The number of furan rings is 1. The summed E-state index contributed by atoms with van der Waals surface area (Å²) in [6.07, 6.45) is 4.61. The van der Waals surface area contributed by atoms with E-state index in [9.17, 15) is 9.59 Å². The molecule has 1 fully saturated rings. The third-order valence-electron chi connectivity index (χ3n) is 7.09. The molecule has 1 atom stereocenters. The summed E-state index contributed by atoms with van der Waals surface area (Å²) in [6, 6.07) is 5.53. The van der Waals surface area contributed by atoms with Crippen LogP contribution in [0.1, 0.15) is 58.7 Å². The lowest BCUT2D eigenvalue weighted by molar-refractivity contribution is 0.0521. The van der Waals surface area contributed by atoms with Crippen LogP contribution in [-0.4, -0.2) is 52.8 Å². The second kappa shape index (κ2) is 8.17. The summed E-state index contributed by atoms with van der Waals surface area (Å²) in [5.74, 6) is 0.723. The molecular weight excluding hydrogens is 436 g/mol. The van der Waals surface area contributed by atoms with Crippen LogP contribution in [0.15, 0.2) is 28.9 Å². The Hall–Kier alpha value is -2.87. The van der Waals surface area contributed by atoms with E-state index in [1.807, 2.05) is 0 Å². The predicted octanol–water partition coefficient (Wildman–Crippen LogP) is 4.22. The zero-order chi connectivity index (χ0) is 23.3. The van der Waals surface area contributed by atoms with Gasteiger partial charge in [0.25, 0.3) is 11.8 Å². The smallest absolute Gasteiger partial charge is 0.289 e. The van der Waals surface area contributed by atoms with Crippen LogP contribution >= 0.6 is 11.3 Å². The highest BCUT2D eigenvalue weighted by molar-refractivity contribution is 7.21. The van der Waals surface area contributed by atoms with E-state index in [0.29, 0.717) is 48.4 Å². The maximum atomic E-state index is 13.3. The lowest BCUT2D eigenvalue weighted by atomic mass is 9.71. The first-order valence-electron chi connectivity index (χ1n) is 11.5. The molecule has 1 unspecified atom stereocenters. The number of nitrogens with zero attached hydrogens (tertiary/aromatic N) is 3. The average molecular weight is 467 g/mol. The minimum absolute atomic E-state index is 0.0777. The minimum atomic E-state index is -0.142. The maximum Gasteiger partial charge on any atom is 0.289 e. The number of hydrogen-bond acceptors (Lipinski definition) is 6. The van der Waals surface area contributed by atoms with Gasteiger partial charge in [0, 0.05) is 37.3 Å². The van der Waals surface area contributed by atoms with Gasteiger partial charge in [-0.2, -0.15) is 0 Å². The van der Waals surface area contributed by atoms with Crippen LogP contribution in [0.5, 0.6) is 0 Å². The molecule has 8 heteroatoms. The third kappa shape index (κ3) is 4.01. The number of hydrogen-bond donors (Lipinski definition) is 1. The van der Waals surface area contributed by atoms with Crippen LogP contribution in [0.3, 0.4) is 0 Å². The van der Waals surface area contributed by atoms with E-state index in [2.05, 4.69) is 26.8 Å². The number of pyridine rings is 1. The van der Waals surface area contributed by atoms with Crippen molar-refractivity contribution in [2.24, 2.45) is 11.3 Å². The highest BCUT2D eigenvalue weighted by Gasteiger charge is 2.32. The quantitative estimate of drug-likeness (QED) is 0.610. The topological polar surface area (TPSA) is 92.7 Å². The summed E-state index contributed by atoms with van der Waals surface area (Å²) in [5.41, 5.74) is 9.69. The van der Waals surface area contributed by atoms with Crippen molar-refractivity contribution >= 4 is 39.1 Å². The maximum absolute atomic E-state index is 13.3. The lowest BCUT2D eigenvalue weighted by Crippen LogP contribution is -2.50. The second-order valence-electron chi connectivity index (χ2n) is 10.2. The van der Waals surface area contributed by atoms with Crippen molar-refractivity contribution in [3.8, 4) is 0 Å². The van der Waals surface area contributed by atoms with Gasteiger partial charge in [0.15, 0.2) is 5.76 Å². The van der Waals surface area contributed by atoms with E-state index in [4.69, 9.17) is 15.1 Å². The van der Waals surface area contributed by atoms with Gasteiger partial charge in [-0.1, -0.05) is 20.8 Å². The Balaban J connectivity index is 1.33. The molecule has 0 bridgehead atoms. The van der Waals surface area contributed by atoms with Gasteiger partial charge in [-0.05, 0) is 54.4 Å². The molecule has 7 nitrogen and oxygen atoms in total. The van der Waals surface area contributed by atoms with Crippen molar-refractivity contribution < 1.29 is 14.0 Å². The highest BCUT2D eigenvalue weighted by atomic mass is 32.1. The summed E-state index contributed by atoms with van der Waals surface area (Å²) >= 11 is 1.39. The van der Waals surface area contributed by atoms with Crippen LogP contribution in [0, 0.1) is 11.3 Å². The highest BCUT2D eigenvalue weighted by Crippen LogP contribution is 2.40. The first-order valence-corrected chi connectivity index (χ1v) is 12.4. The molecule has 5 rings (SSSR count). The molecule has 1 aliphatic carbocycles. The summed E-state index contributed by atoms with van der Waals surface area (Å²) < 4.78 is 5.22.